The Labute approximate surface area is 220 Å². The van der Waals surface area contributed by atoms with Gasteiger partial charge in [-0.25, -0.2) is 4.79 Å². The number of hydrogen-bond donors (Lipinski definition) is 4. The number of rotatable bonds is 19. The van der Waals surface area contributed by atoms with Crippen LogP contribution in [0.2, 0.25) is 0 Å². The normalized spacial score (nSPS) is 13.5. The third kappa shape index (κ3) is 17.8. The molecule has 0 spiro atoms. The first kappa shape index (κ1) is 33.4. The molecule has 0 aliphatic rings. The number of carboxylic acid groups (broad SMARTS) is 1. The first-order chi connectivity index (χ1) is 17.0. The lowest BCUT2D eigenvalue weighted by atomic mass is 10.1. The highest BCUT2D eigenvalue weighted by molar-refractivity contribution is 7.99. The molecule has 9 heteroatoms. The smallest absolute Gasteiger partial charge is 0.327 e. The Morgan fingerprint density at radius 2 is 1.47 bits per heavy atom. The molecule has 0 fully saturated rings. The predicted octanol–water partition coefficient (Wildman–Crippen LogP) is 4.26. The number of thioether (sulfide) groups is 1. The highest BCUT2D eigenvalue weighted by Crippen LogP contribution is 2.13. The average molecular weight is 524 g/mol. The van der Waals surface area contributed by atoms with Crippen LogP contribution in [-0.4, -0.2) is 52.4 Å². The first-order valence-corrected chi connectivity index (χ1v) is 13.7. The van der Waals surface area contributed by atoms with Gasteiger partial charge in [-0.1, -0.05) is 41.9 Å². The number of carbonyl (C=O) groups is 4. The molecule has 0 aliphatic heterocycles. The van der Waals surface area contributed by atoms with E-state index in [9.17, 15) is 24.3 Å². The molecule has 0 rings (SSSR count). The Morgan fingerprint density at radius 1 is 0.861 bits per heavy atom. The van der Waals surface area contributed by atoms with Crippen LogP contribution in [0.15, 0.2) is 34.9 Å². The summed E-state index contributed by atoms with van der Waals surface area (Å²) in [5.74, 6) is -1.90. The van der Waals surface area contributed by atoms with E-state index in [1.807, 2.05) is 6.92 Å². The molecule has 3 amide bonds. The number of aliphatic carboxylic acids is 1. The number of carboxylic acids is 1. The summed E-state index contributed by atoms with van der Waals surface area (Å²) in [4.78, 5) is 47.4. The molecule has 8 nitrogen and oxygen atoms in total. The zero-order chi connectivity index (χ0) is 27.5. The van der Waals surface area contributed by atoms with E-state index in [1.165, 1.54) is 28.5 Å². The van der Waals surface area contributed by atoms with Crippen molar-refractivity contribution in [1.29, 1.82) is 0 Å². The molecule has 0 heterocycles. The molecule has 204 valence electrons. The maximum Gasteiger partial charge on any atom is 0.327 e. The Kier molecular flexibility index (Phi) is 18.2. The standard InChI is InChI=1S/C27H45N3O5S/c1-6-9-25(32)29-22(14-15-24(28)31)26(33)30-23(27(34)35)18-36-17-16-21(5)13-8-12-20(4)11-7-10-19(2)3/h10,12,16,22-23H,6-9,11,13-15,17-18H2,1-5H3,(H2,28,31)(H,29,32)(H,30,33)(H,34,35)/b20-12+,21-16+/t22?,23-/m0/s1. The third-order valence-electron chi connectivity index (χ3n) is 5.38. The lowest BCUT2D eigenvalue weighted by molar-refractivity contribution is -0.141. The van der Waals surface area contributed by atoms with E-state index in [0.29, 0.717) is 12.2 Å². The van der Waals surface area contributed by atoms with Crippen molar-refractivity contribution in [3.05, 3.63) is 34.9 Å². The van der Waals surface area contributed by atoms with E-state index in [4.69, 9.17) is 5.73 Å². The number of primary amides is 1. The Hall–Kier alpha value is -2.55. The number of allylic oxidation sites excluding steroid dienone is 5. The number of amides is 3. The van der Waals surface area contributed by atoms with Crippen LogP contribution in [0.1, 0.15) is 86.0 Å². The van der Waals surface area contributed by atoms with Crippen molar-refractivity contribution < 1.29 is 24.3 Å². The van der Waals surface area contributed by atoms with Gasteiger partial charge in [0.05, 0.1) is 0 Å². The second-order valence-corrected chi connectivity index (χ2v) is 10.3. The molecule has 0 saturated carbocycles. The van der Waals surface area contributed by atoms with Gasteiger partial charge in [0.2, 0.25) is 17.7 Å². The minimum atomic E-state index is -1.15. The molecule has 0 radical (unpaired) electrons. The zero-order valence-electron chi connectivity index (χ0n) is 22.5. The molecular formula is C27H45N3O5S. The SMILES string of the molecule is CCCC(=O)NC(CCC(N)=O)C(=O)N[C@@H](CSC/C=C(\C)CC/C=C(\C)CCC=C(C)C)C(=O)O. The highest BCUT2D eigenvalue weighted by atomic mass is 32.2. The molecule has 0 aromatic rings. The van der Waals surface area contributed by atoms with Crippen LogP contribution in [0.3, 0.4) is 0 Å². The summed E-state index contributed by atoms with van der Waals surface area (Å²) in [6.07, 6.45) is 11.4. The van der Waals surface area contributed by atoms with Gasteiger partial charge in [0.15, 0.2) is 0 Å². The van der Waals surface area contributed by atoms with Gasteiger partial charge in [0.25, 0.3) is 0 Å². The lowest BCUT2D eigenvalue weighted by Gasteiger charge is -2.21. The van der Waals surface area contributed by atoms with E-state index in [2.05, 4.69) is 56.6 Å². The molecule has 0 bridgehead atoms. The van der Waals surface area contributed by atoms with Crippen LogP contribution < -0.4 is 16.4 Å². The van der Waals surface area contributed by atoms with Crippen LogP contribution in [0.4, 0.5) is 0 Å². The largest absolute Gasteiger partial charge is 0.480 e. The third-order valence-corrected chi connectivity index (χ3v) is 6.35. The number of nitrogens with two attached hydrogens (primary N) is 1. The predicted molar refractivity (Wildman–Crippen MR) is 148 cm³/mol. The van der Waals surface area contributed by atoms with E-state index in [1.54, 1.807) is 0 Å². The van der Waals surface area contributed by atoms with E-state index >= 15 is 0 Å². The monoisotopic (exact) mass is 523 g/mol. The molecule has 0 aliphatic carbocycles. The summed E-state index contributed by atoms with van der Waals surface area (Å²) in [6, 6.07) is -2.12. The van der Waals surface area contributed by atoms with Crippen LogP contribution in [0, 0.1) is 0 Å². The maximum atomic E-state index is 12.7. The molecule has 1 unspecified atom stereocenters. The van der Waals surface area contributed by atoms with Crippen molar-refractivity contribution in [2.24, 2.45) is 5.73 Å². The van der Waals surface area contributed by atoms with Crippen molar-refractivity contribution in [2.75, 3.05) is 11.5 Å². The summed E-state index contributed by atoms with van der Waals surface area (Å²) >= 11 is 1.41. The van der Waals surface area contributed by atoms with Crippen molar-refractivity contribution in [1.82, 2.24) is 10.6 Å². The Morgan fingerprint density at radius 3 is 2.03 bits per heavy atom. The topological polar surface area (TPSA) is 139 Å². The van der Waals surface area contributed by atoms with Gasteiger partial charge in [-0.2, -0.15) is 11.8 Å². The van der Waals surface area contributed by atoms with Crippen molar-refractivity contribution in [3.8, 4) is 0 Å². The van der Waals surface area contributed by atoms with E-state index in [-0.39, 0.29) is 30.9 Å². The fraction of sp³-hybridized carbons (Fsp3) is 0.630. The second-order valence-electron chi connectivity index (χ2n) is 9.27. The van der Waals surface area contributed by atoms with E-state index < -0.39 is 29.9 Å². The zero-order valence-corrected chi connectivity index (χ0v) is 23.3. The first-order valence-electron chi connectivity index (χ1n) is 12.6. The number of nitrogens with one attached hydrogen (secondary N) is 2. The molecule has 0 aromatic carbocycles. The fourth-order valence-electron chi connectivity index (χ4n) is 3.22. The summed E-state index contributed by atoms with van der Waals surface area (Å²) < 4.78 is 0. The van der Waals surface area contributed by atoms with Crippen molar-refractivity contribution in [3.63, 3.8) is 0 Å². The fourth-order valence-corrected chi connectivity index (χ4v) is 4.22. The van der Waals surface area contributed by atoms with Crippen LogP contribution in [0.5, 0.6) is 0 Å². The van der Waals surface area contributed by atoms with Crippen molar-refractivity contribution in [2.45, 2.75) is 98.1 Å². The van der Waals surface area contributed by atoms with Gasteiger partial charge in [-0.3, -0.25) is 14.4 Å². The average Bonchev–Trinajstić information content (AvgIpc) is 2.78. The van der Waals surface area contributed by atoms with Gasteiger partial charge >= 0.3 is 5.97 Å². The molecule has 2 atom stereocenters. The van der Waals surface area contributed by atoms with Gasteiger partial charge in [0.1, 0.15) is 12.1 Å². The summed E-state index contributed by atoms with van der Waals surface area (Å²) in [7, 11) is 0. The highest BCUT2D eigenvalue weighted by Gasteiger charge is 2.26. The van der Waals surface area contributed by atoms with Crippen LogP contribution >= 0.6 is 11.8 Å². The lowest BCUT2D eigenvalue weighted by Crippen LogP contribution is -2.52. The van der Waals surface area contributed by atoms with Gasteiger partial charge in [-0.05, 0) is 66.2 Å². The van der Waals surface area contributed by atoms with Gasteiger partial charge in [0, 0.05) is 24.3 Å². The van der Waals surface area contributed by atoms with Crippen LogP contribution in [0.25, 0.3) is 0 Å². The Balaban J connectivity index is 4.70. The maximum absolute atomic E-state index is 12.7. The molecule has 0 aromatic heterocycles. The minimum absolute atomic E-state index is 0.0148. The molecule has 36 heavy (non-hydrogen) atoms. The van der Waals surface area contributed by atoms with E-state index in [0.717, 1.165) is 25.7 Å². The summed E-state index contributed by atoms with van der Waals surface area (Å²) in [5.41, 5.74) is 9.12. The number of hydrogen-bond acceptors (Lipinski definition) is 5. The van der Waals surface area contributed by atoms with Crippen LogP contribution in [-0.2, 0) is 19.2 Å². The minimum Gasteiger partial charge on any atom is -0.480 e. The second kappa shape index (κ2) is 19.6. The summed E-state index contributed by atoms with van der Waals surface area (Å²) in [6.45, 7) is 10.3. The molecule has 0 saturated heterocycles. The van der Waals surface area contributed by atoms with Gasteiger partial charge < -0.3 is 21.5 Å². The Bertz CT molecular complexity index is 816. The molecule has 5 N–H and O–H groups in total. The summed E-state index contributed by atoms with van der Waals surface area (Å²) in [5, 5.41) is 14.6. The number of carbonyl (C=O) groups excluding carboxylic acids is 3. The van der Waals surface area contributed by atoms with Crippen molar-refractivity contribution >= 4 is 35.5 Å². The molecular weight excluding hydrogens is 478 g/mol. The quantitative estimate of drug-likeness (QED) is 0.147. The van der Waals surface area contributed by atoms with Gasteiger partial charge in [-0.15, -0.1) is 0 Å².